The summed E-state index contributed by atoms with van der Waals surface area (Å²) in [6.45, 7) is 0.958. The number of anilines is 1. The van der Waals surface area contributed by atoms with Crippen LogP contribution >= 0.6 is 0 Å². The van der Waals surface area contributed by atoms with Crippen LogP contribution in [0.5, 0.6) is 0 Å². The minimum atomic E-state index is -3.70. The van der Waals surface area contributed by atoms with E-state index in [4.69, 9.17) is 0 Å². The van der Waals surface area contributed by atoms with Gasteiger partial charge in [0.1, 0.15) is 11.6 Å². The first kappa shape index (κ1) is 19.4. The molecule has 1 heterocycles. The summed E-state index contributed by atoms with van der Waals surface area (Å²) >= 11 is 0. The van der Waals surface area contributed by atoms with Gasteiger partial charge in [0.2, 0.25) is 10.0 Å². The molecule has 0 aliphatic carbocycles. The minimum Gasteiger partial charge on any atom is -0.369 e. The largest absolute Gasteiger partial charge is 0.369 e. The topological polar surface area (TPSA) is 66.5 Å². The van der Waals surface area contributed by atoms with E-state index in [0.29, 0.717) is 37.2 Å². The molecule has 0 amide bonds. The maximum Gasteiger partial charge on any atom is 0.240 e. The maximum absolute atomic E-state index is 14.4. The van der Waals surface area contributed by atoms with Crippen molar-refractivity contribution in [3.63, 3.8) is 0 Å². The van der Waals surface area contributed by atoms with Crippen LogP contribution in [-0.2, 0) is 10.0 Å². The van der Waals surface area contributed by atoms with Crippen molar-refractivity contribution in [1.82, 2.24) is 4.72 Å². The van der Waals surface area contributed by atoms with Gasteiger partial charge >= 0.3 is 0 Å². The number of carbonyl (C=O) groups is 1. The number of nitrogens with zero attached hydrogens (tertiary/aromatic N) is 1. The zero-order chi connectivity index (χ0) is 19.6. The van der Waals surface area contributed by atoms with Crippen LogP contribution in [0.1, 0.15) is 23.2 Å². The fraction of sp³-hybridized carbons (Fsp3) is 0.316. The summed E-state index contributed by atoms with van der Waals surface area (Å²) in [4.78, 5) is 14.2. The Morgan fingerprint density at radius 3 is 2.26 bits per heavy atom. The first-order valence-corrected chi connectivity index (χ1v) is 10.1. The van der Waals surface area contributed by atoms with Gasteiger partial charge in [-0.15, -0.1) is 0 Å². The zero-order valence-electron chi connectivity index (χ0n) is 14.8. The summed E-state index contributed by atoms with van der Waals surface area (Å²) in [7, 11) is -2.43. The van der Waals surface area contributed by atoms with Crippen LogP contribution in [0.3, 0.4) is 0 Å². The van der Waals surface area contributed by atoms with Crippen molar-refractivity contribution in [2.75, 3.05) is 25.0 Å². The summed E-state index contributed by atoms with van der Waals surface area (Å²) in [5.41, 5.74) is 0.792. The number of piperidine rings is 1. The molecule has 27 heavy (non-hydrogen) atoms. The molecule has 5 nitrogen and oxygen atoms in total. The molecule has 2 aromatic carbocycles. The molecule has 144 valence electrons. The van der Waals surface area contributed by atoms with Crippen molar-refractivity contribution >= 4 is 21.5 Å². The lowest BCUT2D eigenvalue weighted by Gasteiger charge is -2.33. The fourth-order valence-electron chi connectivity index (χ4n) is 3.26. The number of rotatable bonds is 5. The Balaban J connectivity index is 1.69. The van der Waals surface area contributed by atoms with E-state index in [1.54, 1.807) is 4.90 Å². The van der Waals surface area contributed by atoms with Crippen LogP contribution in [0.4, 0.5) is 14.5 Å². The van der Waals surface area contributed by atoms with Crippen molar-refractivity contribution in [2.24, 2.45) is 5.92 Å². The molecule has 2 aromatic rings. The fourth-order valence-corrected chi connectivity index (χ4v) is 4.00. The second-order valence-corrected chi connectivity index (χ2v) is 8.34. The number of hydrogen-bond acceptors (Lipinski definition) is 4. The van der Waals surface area contributed by atoms with E-state index in [-0.39, 0.29) is 22.4 Å². The van der Waals surface area contributed by atoms with Gasteiger partial charge in [0.15, 0.2) is 5.78 Å². The normalized spacial score (nSPS) is 15.7. The summed E-state index contributed by atoms with van der Waals surface area (Å²) in [6, 6.07) is 9.28. The molecule has 0 atom stereocenters. The first-order chi connectivity index (χ1) is 12.8. The van der Waals surface area contributed by atoms with E-state index in [0.717, 1.165) is 6.07 Å². The zero-order valence-corrected chi connectivity index (χ0v) is 15.6. The van der Waals surface area contributed by atoms with E-state index < -0.39 is 15.8 Å². The number of hydrogen-bond donors (Lipinski definition) is 1. The van der Waals surface area contributed by atoms with E-state index in [2.05, 4.69) is 4.72 Å². The highest BCUT2D eigenvalue weighted by atomic mass is 32.2. The van der Waals surface area contributed by atoms with E-state index in [1.807, 2.05) is 0 Å². The highest BCUT2D eigenvalue weighted by molar-refractivity contribution is 7.89. The van der Waals surface area contributed by atoms with Gasteiger partial charge in [0.25, 0.3) is 0 Å². The molecule has 1 saturated heterocycles. The van der Waals surface area contributed by atoms with Crippen LogP contribution < -0.4 is 9.62 Å². The molecule has 0 saturated carbocycles. The van der Waals surface area contributed by atoms with Gasteiger partial charge in [-0.25, -0.2) is 21.9 Å². The molecule has 1 fully saturated rings. The molecular formula is C19H20F2N2O3S. The molecule has 0 radical (unpaired) electrons. The summed E-state index contributed by atoms with van der Waals surface area (Å²) in [5, 5.41) is 0. The number of sulfonamides is 1. The Morgan fingerprint density at radius 2 is 1.70 bits per heavy atom. The Labute approximate surface area is 157 Å². The van der Waals surface area contributed by atoms with Crippen LogP contribution in [0.25, 0.3) is 0 Å². The van der Waals surface area contributed by atoms with Gasteiger partial charge in [0.05, 0.1) is 10.6 Å². The van der Waals surface area contributed by atoms with Crippen molar-refractivity contribution in [2.45, 2.75) is 17.7 Å². The standard InChI is InChI=1S/C19H20F2N2O3S/c1-22-27(25,26)16-6-7-18(17(21)12-16)23-10-8-14(9-11-23)19(24)13-2-4-15(20)5-3-13/h2-7,12,14,22H,8-11H2,1H3. The Bertz CT molecular complexity index is 938. The van der Waals surface area contributed by atoms with Crippen molar-refractivity contribution in [3.8, 4) is 0 Å². The molecule has 1 aliphatic rings. The molecule has 0 spiro atoms. The lowest BCUT2D eigenvalue weighted by atomic mass is 9.88. The minimum absolute atomic E-state index is 0.0365. The molecule has 1 aliphatic heterocycles. The third-order valence-electron chi connectivity index (χ3n) is 4.83. The van der Waals surface area contributed by atoms with Crippen LogP contribution in [0.15, 0.2) is 47.4 Å². The predicted molar refractivity (Wildman–Crippen MR) is 98.3 cm³/mol. The molecule has 0 aromatic heterocycles. The van der Waals surface area contributed by atoms with Crippen molar-refractivity contribution in [3.05, 3.63) is 59.7 Å². The molecule has 1 N–H and O–H groups in total. The lowest BCUT2D eigenvalue weighted by Crippen LogP contribution is -2.37. The van der Waals surface area contributed by atoms with Gasteiger partial charge in [-0.3, -0.25) is 4.79 Å². The summed E-state index contributed by atoms with van der Waals surface area (Å²) < 4.78 is 53.1. The quantitative estimate of drug-likeness (QED) is 0.792. The van der Waals surface area contributed by atoms with E-state index >= 15 is 0 Å². The molecule has 8 heteroatoms. The molecule has 3 rings (SSSR count). The van der Waals surface area contributed by atoms with Crippen molar-refractivity contribution < 1.29 is 22.0 Å². The van der Waals surface area contributed by atoms with Gasteiger partial charge < -0.3 is 4.90 Å². The third-order valence-corrected chi connectivity index (χ3v) is 6.25. The van der Waals surface area contributed by atoms with Crippen LogP contribution in [-0.4, -0.2) is 34.3 Å². The Kier molecular flexibility index (Phi) is 5.57. The average Bonchev–Trinajstić information content (AvgIpc) is 2.68. The number of ketones is 1. The van der Waals surface area contributed by atoms with Gasteiger partial charge in [-0.2, -0.15) is 0 Å². The number of carbonyl (C=O) groups excluding carboxylic acids is 1. The number of benzene rings is 2. The third kappa shape index (κ3) is 4.17. The van der Waals surface area contributed by atoms with Gasteiger partial charge in [0, 0.05) is 24.6 Å². The van der Waals surface area contributed by atoms with E-state index in [1.165, 1.54) is 43.4 Å². The number of Topliss-reactive ketones (excluding diaryl/α,β-unsaturated/α-hetero) is 1. The van der Waals surface area contributed by atoms with Crippen molar-refractivity contribution in [1.29, 1.82) is 0 Å². The summed E-state index contributed by atoms with van der Waals surface area (Å²) in [6.07, 6.45) is 1.10. The summed E-state index contributed by atoms with van der Waals surface area (Å²) in [5.74, 6) is -1.24. The Morgan fingerprint density at radius 1 is 1.07 bits per heavy atom. The number of nitrogens with one attached hydrogen (secondary N) is 1. The van der Waals surface area contributed by atoms with E-state index in [9.17, 15) is 22.0 Å². The average molecular weight is 394 g/mol. The smallest absolute Gasteiger partial charge is 0.240 e. The number of halogens is 2. The lowest BCUT2D eigenvalue weighted by molar-refractivity contribution is 0.0900. The van der Waals surface area contributed by atoms with Crippen LogP contribution in [0.2, 0.25) is 0 Å². The second-order valence-electron chi connectivity index (χ2n) is 6.45. The Hall–Kier alpha value is -2.32. The molecule has 0 unspecified atom stereocenters. The monoisotopic (exact) mass is 394 g/mol. The second kappa shape index (κ2) is 7.74. The van der Waals surface area contributed by atoms with Gasteiger partial charge in [-0.1, -0.05) is 0 Å². The SMILES string of the molecule is CNS(=O)(=O)c1ccc(N2CCC(C(=O)c3ccc(F)cc3)CC2)c(F)c1. The highest BCUT2D eigenvalue weighted by Crippen LogP contribution is 2.29. The first-order valence-electron chi connectivity index (χ1n) is 8.59. The van der Waals surface area contributed by atoms with Crippen LogP contribution in [0, 0.1) is 17.6 Å². The van der Waals surface area contributed by atoms with Gasteiger partial charge in [-0.05, 0) is 62.4 Å². The maximum atomic E-state index is 14.4. The predicted octanol–water partition coefficient (Wildman–Crippen LogP) is 2.97. The highest BCUT2D eigenvalue weighted by Gasteiger charge is 2.27. The molecular weight excluding hydrogens is 374 g/mol. The molecule has 0 bridgehead atoms.